The maximum atomic E-state index is 13.9. The first-order valence-corrected chi connectivity index (χ1v) is 17.5. The lowest BCUT2D eigenvalue weighted by atomic mass is 9.43. The summed E-state index contributed by atoms with van der Waals surface area (Å²) in [6, 6.07) is 0.227. The van der Waals surface area contributed by atoms with E-state index in [4.69, 9.17) is 9.31 Å². The van der Waals surface area contributed by atoms with Gasteiger partial charge in [0.2, 0.25) is 17.7 Å². The Labute approximate surface area is 282 Å². The van der Waals surface area contributed by atoms with Crippen LogP contribution in [0.25, 0.3) is 0 Å². The summed E-state index contributed by atoms with van der Waals surface area (Å²) < 4.78 is 13.3. The van der Waals surface area contributed by atoms with Crippen molar-refractivity contribution in [3.05, 3.63) is 11.6 Å². The molecule has 4 amide bonds. The van der Waals surface area contributed by atoms with Gasteiger partial charge in [0.05, 0.1) is 17.6 Å². The molecule has 0 aromatic heterocycles. The minimum absolute atomic E-state index is 0.0242. The maximum Gasteiger partial charge on any atom is 0.481 e. The normalized spacial score (nSPS) is 26.5. The van der Waals surface area contributed by atoms with Crippen LogP contribution in [-0.4, -0.2) is 67.0 Å². The highest BCUT2D eigenvalue weighted by atomic mass is 16.7. The van der Waals surface area contributed by atoms with Crippen LogP contribution in [0.4, 0.5) is 0 Å². The summed E-state index contributed by atoms with van der Waals surface area (Å²) in [5.74, 6) is -0.892. The van der Waals surface area contributed by atoms with Crippen molar-refractivity contribution in [2.75, 3.05) is 6.54 Å². The van der Waals surface area contributed by atoms with E-state index in [1.165, 1.54) is 0 Å². The van der Waals surface area contributed by atoms with E-state index in [-0.39, 0.29) is 46.7 Å². The number of rotatable bonds is 16. The van der Waals surface area contributed by atoms with Crippen molar-refractivity contribution in [1.82, 2.24) is 21.3 Å². The lowest BCUT2D eigenvalue weighted by Crippen LogP contribution is -2.65. The van der Waals surface area contributed by atoms with Crippen LogP contribution in [0.2, 0.25) is 0 Å². The molecule has 0 unspecified atom stereocenters. The van der Waals surface area contributed by atoms with E-state index in [1.54, 1.807) is 26.8 Å². The predicted molar refractivity (Wildman–Crippen MR) is 181 cm³/mol. The van der Waals surface area contributed by atoms with Gasteiger partial charge < -0.3 is 30.6 Å². The van der Waals surface area contributed by atoms with Crippen LogP contribution in [0.5, 0.6) is 0 Å². The summed E-state index contributed by atoms with van der Waals surface area (Å²) in [6.45, 7) is 20.1. The molecular weight excluding hydrogens is 597 g/mol. The molecule has 3 aliphatic carbocycles. The van der Waals surface area contributed by atoms with Gasteiger partial charge in [0, 0.05) is 12.5 Å². The molecule has 1 saturated heterocycles. The number of allylic oxidation sites excluding steroid dienone is 1. The van der Waals surface area contributed by atoms with Gasteiger partial charge in [-0.1, -0.05) is 61.5 Å². The molecule has 7 atom stereocenters. The van der Waals surface area contributed by atoms with Crippen molar-refractivity contribution in [2.24, 2.45) is 35.0 Å². The average Bonchev–Trinajstić information content (AvgIpc) is 3.35. The monoisotopic (exact) mass is 655 g/mol. The number of nitrogens with one attached hydrogen (secondary N) is 4. The Balaban J connectivity index is 1.69. The van der Waals surface area contributed by atoms with E-state index < -0.39 is 42.6 Å². The quantitative estimate of drug-likeness (QED) is 0.0852. The molecule has 0 aromatic rings. The number of carbonyl (C=O) groups excluding carboxylic acids is 4. The molecule has 4 fully saturated rings. The van der Waals surface area contributed by atoms with Gasteiger partial charge in [0.25, 0.3) is 5.91 Å². The highest BCUT2D eigenvalue weighted by Crippen LogP contribution is 2.65. The molecule has 1 aliphatic heterocycles. The third-order valence-electron chi connectivity index (χ3n) is 10.3. The Bertz CT molecular complexity index is 1230. The summed E-state index contributed by atoms with van der Waals surface area (Å²) in [7, 11) is -0.601. The second-order valence-corrected chi connectivity index (χ2v) is 15.7. The van der Waals surface area contributed by atoms with Gasteiger partial charge in [0.1, 0.15) is 23.7 Å². The number of unbranched alkanes of at least 4 members (excludes halogenated alkanes) is 1. The molecule has 262 valence electrons. The number of nitrogens with zero attached hydrogens (tertiary/aromatic N) is 1. The number of amides is 4. The number of nitriles is 1. The summed E-state index contributed by atoms with van der Waals surface area (Å²) >= 11 is 0. The van der Waals surface area contributed by atoms with Gasteiger partial charge in [-0.15, -0.1) is 0 Å². The van der Waals surface area contributed by atoms with Gasteiger partial charge in [-0.3, -0.25) is 19.2 Å². The van der Waals surface area contributed by atoms with Gasteiger partial charge in [-0.05, 0) is 81.5 Å². The van der Waals surface area contributed by atoms with Crippen LogP contribution in [0.1, 0.15) is 108 Å². The molecule has 4 aliphatic rings. The second kappa shape index (κ2) is 16.0. The summed E-state index contributed by atoms with van der Waals surface area (Å²) in [6.07, 6.45) is 5.66. The molecule has 1 heterocycles. The van der Waals surface area contributed by atoms with E-state index in [2.05, 4.69) is 55.9 Å². The fraction of sp³-hybridized carbons (Fsp3) is 0.800. The zero-order valence-corrected chi connectivity index (χ0v) is 30.2. The largest absolute Gasteiger partial charge is 0.481 e. The molecule has 11 nitrogen and oxygen atoms in total. The Morgan fingerprint density at radius 2 is 1.62 bits per heavy atom. The van der Waals surface area contributed by atoms with E-state index in [1.807, 2.05) is 19.9 Å². The molecule has 12 heteroatoms. The number of carbonyl (C=O) groups is 4. The molecule has 2 bridgehead atoms. The van der Waals surface area contributed by atoms with Crippen LogP contribution < -0.4 is 21.3 Å². The standard InChI is InChI=1S/C35H58BN5O6/c1-20(2)15-24(19-37)32(44)38-14-12-11-13-26(40-31(43)23(7)39-30(42)22(5)6)33(45)41-29(16-21(3)4)36-46-28-18-25-17-27(34(25,8)9)35(28,10)47-36/h15,20-23,25-29H,11-14,16-18H2,1-10H3,(H,38,44)(H,39,42)(H,40,43)(H,41,45)/b24-15+/t23-,25-,26-,27-,28+,29-,35-/m0/s1. The zero-order chi connectivity index (χ0) is 35.3. The Morgan fingerprint density at radius 1 is 0.936 bits per heavy atom. The highest BCUT2D eigenvalue weighted by Gasteiger charge is 2.68. The van der Waals surface area contributed by atoms with Gasteiger partial charge in [-0.2, -0.15) is 5.26 Å². The molecule has 47 heavy (non-hydrogen) atoms. The van der Waals surface area contributed by atoms with E-state index in [9.17, 15) is 24.4 Å². The summed E-state index contributed by atoms with van der Waals surface area (Å²) in [5.41, 5.74) is -0.151. The Morgan fingerprint density at radius 3 is 2.19 bits per heavy atom. The average molecular weight is 656 g/mol. The van der Waals surface area contributed by atoms with Gasteiger partial charge in [-0.25, -0.2) is 0 Å². The highest BCUT2D eigenvalue weighted by molar-refractivity contribution is 6.48. The minimum atomic E-state index is -0.882. The van der Waals surface area contributed by atoms with Gasteiger partial charge >= 0.3 is 7.12 Å². The molecular formula is C35H58BN5O6. The van der Waals surface area contributed by atoms with Crippen molar-refractivity contribution in [2.45, 2.75) is 137 Å². The second-order valence-electron chi connectivity index (χ2n) is 15.7. The van der Waals surface area contributed by atoms with Crippen LogP contribution in [0.15, 0.2) is 11.6 Å². The van der Waals surface area contributed by atoms with E-state index in [0.717, 1.165) is 12.8 Å². The molecule has 3 saturated carbocycles. The lowest BCUT2D eigenvalue weighted by molar-refractivity contribution is -0.199. The third-order valence-corrected chi connectivity index (χ3v) is 10.3. The first-order valence-electron chi connectivity index (χ1n) is 17.5. The topological polar surface area (TPSA) is 159 Å². The lowest BCUT2D eigenvalue weighted by Gasteiger charge is -2.64. The Hall–Kier alpha value is -2.91. The van der Waals surface area contributed by atoms with Gasteiger partial charge in [0.15, 0.2) is 0 Å². The van der Waals surface area contributed by atoms with Crippen LogP contribution >= 0.6 is 0 Å². The summed E-state index contributed by atoms with van der Waals surface area (Å²) in [4.78, 5) is 51.7. The number of hydrogen-bond donors (Lipinski definition) is 4. The first kappa shape index (κ1) is 38.5. The zero-order valence-electron chi connectivity index (χ0n) is 30.2. The fourth-order valence-corrected chi connectivity index (χ4v) is 7.38. The van der Waals surface area contributed by atoms with Crippen molar-refractivity contribution >= 4 is 30.7 Å². The molecule has 4 rings (SSSR count). The smallest absolute Gasteiger partial charge is 0.404 e. The molecule has 0 radical (unpaired) electrons. The van der Waals surface area contributed by atoms with E-state index >= 15 is 0 Å². The molecule has 0 spiro atoms. The first-order chi connectivity index (χ1) is 21.9. The van der Waals surface area contributed by atoms with Crippen molar-refractivity contribution in [1.29, 1.82) is 5.26 Å². The summed E-state index contributed by atoms with van der Waals surface area (Å²) in [5, 5.41) is 20.8. The van der Waals surface area contributed by atoms with Crippen molar-refractivity contribution in [3.8, 4) is 6.07 Å². The maximum absolute atomic E-state index is 13.9. The third kappa shape index (κ3) is 9.38. The van der Waals surface area contributed by atoms with Crippen LogP contribution in [0.3, 0.4) is 0 Å². The predicted octanol–water partition coefficient (Wildman–Crippen LogP) is 3.82. The van der Waals surface area contributed by atoms with Crippen LogP contribution in [0, 0.1) is 46.3 Å². The number of hydrogen-bond acceptors (Lipinski definition) is 7. The van der Waals surface area contributed by atoms with Crippen molar-refractivity contribution < 1.29 is 28.5 Å². The van der Waals surface area contributed by atoms with Crippen LogP contribution in [-0.2, 0) is 28.5 Å². The van der Waals surface area contributed by atoms with E-state index in [0.29, 0.717) is 44.1 Å². The molecule has 0 aromatic carbocycles. The van der Waals surface area contributed by atoms with Crippen molar-refractivity contribution in [3.63, 3.8) is 0 Å². The Kier molecular flexibility index (Phi) is 13.1. The SMILES string of the molecule is CC(C)/C=C(\C#N)C(=O)NCCCC[C@H](NC(=O)[C@H](C)NC(=O)C(C)C)C(=O)N[C@@H](CC(C)C)B1O[C@@H]2C[C@@H]3C[C@@H](C3(C)C)[C@]2(C)O1. The molecule has 4 N–H and O–H groups in total. The fourth-order valence-electron chi connectivity index (χ4n) is 7.38. The minimum Gasteiger partial charge on any atom is -0.404 e.